The molecule has 1 aromatic heterocycles. The van der Waals surface area contributed by atoms with Gasteiger partial charge in [0, 0.05) is 10.6 Å². The van der Waals surface area contributed by atoms with Crippen molar-refractivity contribution in [3.05, 3.63) is 29.5 Å². The highest BCUT2D eigenvalue weighted by atomic mass is 35.5. The molecular weight excluding hydrogens is 339 g/mol. The van der Waals surface area contributed by atoms with Gasteiger partial charge in [0.25, 0.3) is 5.91 Å². The number of aryl methyl sites for hydroxylation is 1. The molecule has 0 spiro atoms. The highest BCUT2D eigenvalue weighted by Crippen LogP contribution is 2.30. The van der Waals surface area contributed by atoms with Crippen LogP contribution in [0.25, 0.3) is 11.4 Å². The molecule has 2 rings (SSSR count). The van der Waals surface area contributed by atoms with Gasteiger partial charge in [-0.2, -0.15) is 5.10 Å². The summed E-state index contributed by atoms with van der Waals surface area (Å²) in [7, 11) is 0. The predicted octanol–water partition coefficient (Wildman–Crippen LogP) is 3.44. The first-order valence-corrected chi connectivity index (χ1v) is 6.51. The van der Waals surface area contributed by atoms with Gasteiger partial charge >= 0.3 is 6.36 Å². The predicted molar refractivity (Wildman–Crippen MR) is 71.9 cm³/mol. The van der Waals surface area contributed by atoms with E-state index in [9.17, 15) is 18.0 Å². The van der Waals surface area contributed by atoms with Crippen molar-refractivity contribution in [2.75, 3.05) is 0 Å². The fraction of sp³-hybridized carbons (Fsp3) is 0.250. The van der Waals surface area contributed by atoms with Crippen LogP contribution in [0, 0.1) is 5.53 Å². The summed E-state index contributed by atoms with van der Waals surface area (Å²) in [6.45, 7) is 0.140. The Balaban J connectivity index is 2.20. The SMILES string of the molecule is N=NC(=O)CCn1cnc(-c2cc(Cl)cc(OC(F)(F)F)c2)n1. The number of amides is 1. The molecule has 0 unspecified atom stereocenters. The standard InChI is InChI=1S/C12H9ClF3N5O2/c13-8-3-7(4-9(5-8)23-12(14,15)16)11-18-6-21(20-11)2-1-10(22)19-17/h3-6,17H,1-2H2. The van der Waals surface area contributed by atoms with E-state index in [1.807, 2.05) is 0 Å². The number of nitrogens with zero attached hydrogens (tertiary/aromatic N) is 4. The van der Waals surface area contributed by atoms with Crippen LogP contribution in [0.4, 0.5) is 13.2 Å². The van der Waals surface area contributed by atoms with Gasteiger partial charge < -0.3 is 4.74 Å². The van der Waals surface area contributed by atoms with Gasteiger partial charge in [-0.3, -0.25) is 9.48 Å². The van der Waals surface area contributed by atoms with Crippen LogP contribution in [0.5, 0.6) is 5.75 Å². The van der Waals surface area contributed by atoms with Crippen LogP contribution in [0.15, 0.2) is 29.6 Å². The Labute approximate surface area is 132 Å². The molecule has 1 N–H and O–H groups in total. The first-order valence-electron chi connectivity index (χ1n) is 6.13. The highest BCUT2D eigenvalue weighted by Gasteiger charge is 2.31. The van der Waals surface area contributed by atoms with Crippen LogP contribution >= 0.6 is 11.6 Å². The van der Waals surface area contributed by atoms with E-state index in [2.05, 4.69) is 19.9 Å². The van der Waals surface area contributed by atoms with Crippen molar-refractivity contribution < 1.29 is 22.7 Å². The zero-order valence-electron chi connectivity index (χ0n) is 11.3. The van der Waals surface area contributed by atoms with Crippen LogP contribution in [0.2, 0.25) is 5.02 Å². The summed E-state index contributed by atoms with van der Waals surface area (Å²) in [6, 6.07) is 3.50. The smallest absolute Gasteiger partial charge is 0.406 e. The zero-order chi connectivity index (χ0) is 17.0. The quantitative estimate of drug-likeness (QED) is 0.838. The number of halogens is 4. The second-order valence-electron chi connectivity index (χ2n) is 4.31. The van der Waals surface area contributed by atoms with Crippen molar-refractivity contribution in [3.63, 3.8) is 0 Å². The van der Waals surface area contributed by atoms with Crippen molar-refractivity contribution in [1.82, 2.24) is 14.8 Å². The fourth-order valence-electron chi connectivity index (χ4n) is 1.69. The van der Waals surface area contributed by atoms with Gasteiger partial charge in [-0.15, -0.1) is 18.3 Å². The molecule has 1 amide bonds. The Hall–Kier alpha value is -2.49. The van der Waals surface area contributed by atoms with E-state index in [0.29, 0.717) is 0 Å². The summed E-state index contributed by atoms with van der Waals surface area (Å²) in [6.07, 6.45) is -3.57. The van der Waals surface area contributed by atoms with Crippen molar-refractivity contribution in [3.8, 4) is 17.1 Å². The first kappa shape index (κ1) is 16.9. The number of benzene rings is 1. The Morgan fingerprint density at radius 3 is 2.78 bits per heavy atom. The third-order valence-electron chi connectivity index (χ3n) is 2.58. The fourth-order valence-corrected chi connectivity index (χ4v) is 1.91. The lowest BCUT2D eigenvalue weighted by Gasteiger charge is -2.09. The largest absolute Gasteiger partial charge is 0.573 e. The van der Waals surface area contributed by atoms with Gasteiger partial charge in [-0.25, -0.2) is 10.5 Å². The van der Waals surface area contributed by atoms with Crippen LogP contribution in [-0.2, 0) is 11.3 Å². The Morgan fingerprint density at radius 2 is 2.13 bits per heavy atom. The second-order valence-corrected chi connectivity index (χ2v) is 4.75. The average molecular weight is 348 g/mol. The molecule has 1 aromatic carbocycles. The molecule has 0 atom stereocenters. The van der Waals surface area contributed by atoms with Crippen LogP contribution in [0.1, 0.15) is 6.42 Å². The van der Waals surface area contributed by atoms with Gasteiger partial charge in [0.2, 0.25) is 0 Å². The molecule has 0 saturated carbocycles. The normalized spacial score (nSPS) is 11.3. The molecule has 11 heteroatoms. The molecule has 0 radical (unpaired) electrons. The number of hydrogen-bond acceptors (Lipinski definition) is 5. The average Bonchev–Trinajstić information content (AvgIpc) is 2.91. The molecule has 0 aliphatic carbocycles. The first-order chi connectivity index (χ1) is 10.8. The summed E-state index contributed by atoms with van der Waals surface area (Å²) in [5.41, 5.74) is 6.77. The minimum Gasteiger partial charge on any atom is -0.406 e. The lowest BCUT2D eigenvalue weighted by Crippen LogP contribution is -2.17. The minimum atomic E-state index is -4.84. The molecule has 2 aromatic rings. The van der Waals surface area contributed by atoms with E-state index in [0.717, 1.165) is 12.1 Å². The second kappa shape index (κ2) is 6.73. The van der Waals surface area contributed by atoms with E-state index >= 15 is 0 Å². The number of alkyl halides is 3. The molecule has 0 saturated heterocycles. The summed E-state index contributed by atoms with van der Waals surface area (Å²) in [5.74, 6) is -0.986. The van der Waals surface area contributed by atoms with Crippen molar-refractivity contribution in [2.45, 2.75) is 19.3 Å². The monoisotopic (exact) mass is 347 g/mol. The van der Waals surface area contributed by atoms with E-state index < -0.39 is 18.0 Å². The van der Waals surface area contributed by atoms with Gasteiger partial charge in [0.05, 0.1) is 13.0 Å². The van der Waals surface area contributed by atoms with E-state index in [1.54, 1.807) is 0 Å². The number of aromatic nitrogens is 3. The highest BCUT2D eigenvalue weighted by molar-refractivity contribution is 6.31. The van der Waals surface area contributed by atoms with Crippen LogP contribution in [0.3, 0.4) is 0 Å². The van der Waals surface area contributed by atoms with E-state index in [1.165, 1.54) is 17.1 Å². The lowest BCUT2D eigenvalue weighted by atomic mass is 10.2. The van der Waals surface area contributed by atoms with Crippen LogP contribution in [-0.4, -0.2) is 27.0 Å². The van der Waals surface area contributed by atoms with Gasteiger partial charge in [0.15, 0.2) is 5.82 Å². The molecule has 0 bridgehead atoms. The number of ether oxygens (including phenoxy) is 1. The van der Waals surface area contributed by atoms with E-state index in [-0.39, 0.29) is 29.4 Å². The third-order valence-corrected chi connectivity index (χ3v) is 2.80. The van der Waals surface area contributed by atoms with Gasteiger partial charge in [-0.1, -0.05) is 11.6 Å². The molecule has 7 nitrogen and oxygen atoms in total. The Kier molecular flexibility index (Phi) is 4.94. The Morgan fingerprint density at radius 1 is 1.39 bits per heavy atom. The Bertz CT molecular complexity index is 732. The molecule has 1 heterocycles. The molecule has 23 heavy (non-hydrogen) atoms. The molecule has 0 aliphatic rings. The molecular formula is C12H9ClF3N5O2. The van der Waals surface area contributed by atoms with Crippen molar-refractivity contribution >= 4 is 17.5 Å². The number of carbonyl (C=O) groups is 1. The van der Waals surface area contributed by atoms with Gasteiger partial charge in [-0.05, 0) is 18.2 Å². The summed E-state index contributed by atoms with van der Waals surface area (Å²) in [5, 5.41) is 6.78. The van der Waals surface area contributed by atoms with Crippen LogP contribution < -0.4 is 4.74 Å². The zero-order valence-corrected chi connectivity index (χ0v) is 12.1. The minimum absolute atomic E-state index is 0.0290. The topological polar surface area (TPSA) is 93.2 Å². The van der Waals surface area contributed by atoms with E-state index in [4.69, 9.17) is 17.1 Å². The summed E-state index contributed by atoms with van der Waals surface area (Å²) >= 11 is 5.77. The molecule has 122 valence electrons. The maximum absolute atomic E-state index is 12.3. The van der Waals surface area contributed by atoms with Crippen molar-refractivity contribution in [1.29, 1.82) is 5.53 Å². The van der Waals surface area contributed by atoms with Crippen molar-refractivity contribution in [2.24, 2.45) is 5.11 Å². The molecule has 0 fully saturated rings. The third kappa shape index (κ3) is 5.02. The lowest BCUT2D eigenvalue weighted by molar-refractivity contribution is -0.274. The number of carbonyl (C=O) groups excluding carboxylic acids is 1. The molecule has 0 aliphatic heterocycles. The van der Waals surface area contributed by atoms with Gasteiger partial charge in [0.1, 0.15) is 12.1 Å². The number of hydrogen-bond donors (Lipinski definition) is 1. The summed E-state index contributed by atoms with van der Waals surface area (Å²) in [4.78, 5) is 14.9. The number of nitrogens with one attached hydrogen (secondary N) is 1. The summed E-state index contributed by atoms with van der Waals surface area (Å²) < 4.78 is 41.9. The maximum atomic E-state index is 12.3. The number of rotatable bonds is 5. The maximum Gasteiger partial charge on any atom is 0.573 e.